The number of nitrogens with one attached hydrogen (secondary N) is 2. The molecule has 0 spiro atoms. The van der Waals surface area contributed by atoms with Gasteiger partial charge in [-0.2, -0.15) is 0 Å². The van der Waals surface area contributed by atoms with Gasteiger partial charge in [0.15, 0.2) is 6.30 Å². The van der Waals surface area contributed by atoms with Crippen molar-refractivity contribution >= 4 is 22.9 Å². The van der Waals surface area contributed by atoms with Crippen molar-refractivity contribution in [2.45, 2.75) is 26.1 Å². The van der Waals surface area contributed by atoms with Crippen molar-refractivity contribution in [3.05, 3.63) is 64.7 Å². The van der Waals surface area contributed by atoms with Crippen molar-refractivity contribution in [3.63, 3.8) is 0 Å². The maximum absolute atomic E-state index is 13.6. The molecule has 0 bridgehead atoms. The molecule has 0 radical (unpaired) electrons. The van der Waals surface area contributed by atoms with E-state index in [1.165, 1.54) is 6.07 Å². The maximum Gasteiger partial charge on any atom is 0.311 e. The number of pyridine rings is 1. The summed E-state index contributed by atoms with van der Waals surface area (Å²) in [6.07, 6.45) is 2.41. The fraction of sp³-hybridized carbons (Fsp3) is 0.333. The van der Waals surface area contributed by atoms with Crippen LogP contribution < -0.4 is 15.5 Å². The van der Waals surface area contributed by atoms with E-state index in [9.17, 15) is 14.5 Å². The van der Waals surface area contributed by atoms with E-state index in [4.69, 9.17) is 0 Å². The van der Waals surface area contributed by atoms with E-state index in [0.717, 1.165) is 11.5 Å². The third-order valence-electron chi connectivity index (χ3n) is 5.11. The van der Waals surface area contributed by atoms with Gasteiger partial charge in [0.1, 0.15) is 11.6 Å². The van der Waals surface area contributed by atoms with Gasteiger partial charge in [0.05, 0.1) is 11.5 Å². The highest BCUT2D eigenvalue weighted by Crippen LogP contribution is 2.29. The number of rotatable bonds is 6. The Morgan fingerprint density at radius 3 is 2.71 bits per heavy atom. The molecular weight excluding hydrogens is 401 g/mol. The lowest BCUT2D eigenvalue weighted by Gasteiger charge is -2.31. The molecule has 1 aromatic carbocycles. The number of nitrogens with zero attached hydrogens (tertiary/aromatic N) is 5. The Morgan fingerprint density at radius 2 is 2.03 bits per heavy atom. The number of piperazine rings is 1. The van der Waals surface area contributed by atoms with Crippen LogP contribution in [0.1, 0.15) is 25.6 Å². The first-order valence-electron chi connectivity index (χ1n) is 10.1. The minimum atomic E-state index is -1.06. The topological polar surface area (TPSA) is 101 Å². The van der Waals surface area contributed by atoms with Crippen molar-refractivity contribution in [2.75, 3.05) is 29.9 Å². The lowest BCUT2D eigenvalue weighted by Crippen LogP contribution is -2.48. The predicted molar refractivity (Wildman–Crippen MR) is 117 cm³/mol. The van der Waals surface area contributed by atoms with Crippen LogP contribution in [-0.4, -0.2) is 45.4 Å². The number of halogens is 1. The van der Waals surface area contributed by atoms with Crippen molar-refractivity contribution in [1.82, 2.24) is 19.9 Å². The van der Waals surface area contributed by atoms with Gasteiger partial charge in [-0.3, -0.25) is 20.0 Å². The molecule has 10 heteroatoms. The molecule has 162 valence electrons. The molecule has 2 N–H and O–H groups in total. The van der Waals surface area contributed by atoms with E-state index in [1.54, 1.807) is 30.6 Å². The number of hydrogen-bond donors (Lipinski definition) is 2. The Morgan fingerprint density at radius 1 is 1.26 bits per heavy atom. The van der Waals surface area contributed by atoms with Crippen molar-refractivity contribution < 1.29 is 9.31 Å². The quantitative estimate of drug-likeness (QED) is 0.352. The SMILES string of the molecule is CC(C)c1nccn1-c1ccc([N+](=O)[O-])c(Nc2ccc(N3CCNC(F)C3)cc2)n1. The second-order valence-corrected chi connectivity index (χ2v) is 7.64. The molecule has 2 aromatic heterocycles. The van der Waals surface area contributed by atoms with Crippen LogP contribution in [0, 0.1) is 10.1 Å². The number of nitro groups is 1. The molecule has 9 nitrogen and oxygen atoms in total. The predicted octanol–water partition coefficient (Wildman–Crippen LogP) is 3.75. The maximum atomic E-state index is 13.6. The average Bonchev–Trinajstić information content (AvgIpc) is 3.24. The Kier molecular flexibility index (Phi) is 5.81. The minimum Gasteiger partial charge on any atom is -0.366 e. The molecule has 1 aliphatic heterocycles. The fourth-order valence-electron chi connectivity index (χ4n) is 3.58. The second kappa shape index (κ2) is 8.68. The highest BCUT2D eigenvalue weighted by Gasteiger charge is 2.20. The van der Waals surface area contributed by atoms with E-state index in [0.29, 0.717) is 24.6 Å². The number of anilines is 3. The molecule has 3 aromatic rings. The van der Waals surface area contributed by atoms with Gasteiger partial charge >= 0.3 is 5.69 Å². The van der Waals surface area contributed by atoms with Gasteiger partial charge in [-0.1, -0.05) is 13.8 Å². The van der Waals surface area contributed by atoms with Crippen LogP contribution in [0.15, 0.2) is 48.8 Å². The van der Waals surface area contributed by atoms with Gasteiger partial charge in [-0.25, -0.2) is 14.4 Å². The zero-order valence-corrected chi connectivity index (χ0v) is 17.3. The van der Waals surface area contributed by atoms with E-state index < -0.39 is 11.2 Å². The van der Waals surface area contributed by atoms with Gasteiger partial charge < -0.3 is 10.2 Å². The van der Waals surface area contributed by atoms with Crippen LogP contribution in [0.4, 0.5) is 27.3 Å². The Bertz CT molecular complexity index is 1070. The molecule has 0 amide bonds. The Labute approximate surface area is 179 Å². The summed E-state index contributed by atoms with van der Waals surface area (Å²) < 4.78 is 15.4. The normalized spacial score (nSPS) is 16.5. The highest BCUT2D eigenvalue weighted by atomic mass is 19.1. The van der Waals surface area contributed by atoms with Crippen LogP contribution >= 0.6 is 0 Å². The smallest absolute Gasteiger partial charge is 0.311 e. The van der Waals surface area contributed by atoms with Crippen molar-refractivity contribution in [2.24, 2.45) is 0 Å². The molecule has 0 aliphatic carbocycles. The highest BCUT2D eigenvalue weighted by molar-refractivity contribution is 5.68. The molecule has 1 fully saturated rings. The molecule has 3 heterocycles. The van der Waals surface area contributed by atoms with Gasteiger partial charge in [0, 0.05) is 48.8 Å². The summed E-state index contributed by atoms with van der Waals surface area (Å²) in [7, 11) is 0. The first kappa shape index (κ1) is 20.7. The average molecular weight is 425 g/mol. The summed E-state index contributed by atoms with van der Waals surface area (Å²) >= 11 is 0. The molecule has 31 heavy (non-hydrogen) atoms. The van der Waals surface area contributed by atoms with Gasteiger partial charge in [-0.15, -0.1) is 0 Å². The molecular formula is C21H24FN7O2. The first-order valence-corrected chi connectivity index (χ1v) is 10.1. The summed E-state index contributed by atoms with van der Waals surface area (Å²) in [6, 6.07) is 10.4. The summed E-state index contributed by atoms with van der Waals surface area (Å²) in [5.41, 5.74) is 1.42. The molecule has 1 atom stereocenters. The number of alkyl halides is 1. The van der Waals surface area contributed by atoms with Crippen LogP contribution in [0.3, 0.4) is 0 Å². The van der Waals surface area contributed by atoms with Crippen molar-refractivity contribution in [1.29, 1.82) is 0 Å². The van der Waals surface area contributed by atoms with Crippen LogP contribution in [0.2, 0.25) is 0 Å². The lowest BCUT2D eigenvalue weighted by molar-refractivity contribution is -0.384. The third-order valence-corrected chi connectivity index (χ3v) is 5.11. The largest absolute Gasteiger partial charge is 0.366 e. The minimum absolute atomic E-state index is 0.124. The number of imidazole rings is 1. The first-order chi connectivity index (χ1) is 14.9. The monoisotopic (exact) mass is 425 g/mol. The fourth-order valence-corrected chi connectivity index (χ4v) is 3.58. The second-order valence-electron chi connectivity index (χ2n) is 7.64. The van der Waals surface area contributed by atoms with E-state index in [2.05, 4.69) is 20.6 Å². The number of aromatic nitrogens is 3. The number of hydrogen-bond acceptors (Lipinski definition) is 7. The molecule has 0 saturated carbocycles. The van der Waals surface area contributed by atoms with E-state index in [1.807, 2.05) is 35.4 Å². The van der Waals surface area contributed by atoms with Crippen LogP contribution in [-0.2, 0) is 0 Å². The zero-order chi connectivity index (χ0) is 22.0. The lowest BCUT2D eigenvalue weighted by atomic mass is 10.2. The van der Waals surface area contributed by atoms with E-state index in [-0.39, 0.29) is 24.0 Å². The molecule has 1 saturated heterocycles. The summed E-state index contributed by atoms with van der Waals surface area (Å²) in [4.78, 5) is 21.9. The molecule has 1 aliphatic rings. The van der Waals surface area contributed by atoms with Gasteiger partial charge in [0.2, 0.25) is 5.82 Å². The summed E-state index contributed by atoms with van der Waals surface area (Å²) in [5, 5.41) is 17.4. The Balaban J connectivity index is 1.61. The van der Waals surface area contributed by atoms with Gasteiger partial charge in [-0.05, 0) is 30.3 Å². The molecule has 1 unspecified atom stereocenters. The standard InChI is InChI=1S/C21H24FN7O2/c1-14(2)21-24-10-12-28(21)19-8-7-17(29(30)31)20(26-19)25-15-3-5-16(6-4-15)27-11-9-23-18(22)13-27/h3-8,10,12,14,18,23H,9,11,13H2,1-2H3,(H,25,26). The molecule has 4 rings (SSSR count). The Hall–Kier alpha value is -3.53. The van der Waals surface area contributed by atoms with Gasteiger partial charge in [0.25, 0.3) is 0 Å². The summed E-state index contributed by atoms with van der Waals surface area (Å²) in [6.45, 7) is 5.62. The van der Waals surface area contributed by atoms with E-state index >= 15 is 0 Å². The van der Waals surface area contributed by atoms with Crippen molar-refractivity contribution in [3.8, 4) is 5.82 Å². The third kappa shape index (κ3) is 4.48. The zero-order valence-electron chi connectivity index (χ0n) is 17.3. The van der Waals surface area contributed by atoms with Crippen LogP contribution in [0.5, 0.6) is 0 Å². The number of benzene rings is 1. The van der Waals surface area contributed by atoms with Crippen LogP contribution in [0.25, 0.3) is 5.82 Å². The summed E-state index contributed by atoms with van der Waals surface area (Å²) in [5.74, 6) is 1.68.